The van der Waals surface area contributed by atoms with Gasteiger partial charge in [0.05, 0.1) is 6.61 Å². The largest absolute Gasteiger partial charge is 0.395 e. The lowest BCUT2D eigenvalue weighted by Crippen LogP contribution is -2.47. The van der Waals surface area contributed by atoms with E-state index in [2.05, 4.69) is 20.1 Å². The molecule has 1 saturated heterocycles. The van der Waals surface area contributed by atoms with Crippen molar-refractivity contribution in [1.29, 1.82) is 0 Å². The predicted molar refractivity (Wildman–Crippen MR) is 78.0 cm³/mol. The Morgan fingerprint density at radius 2 is 2.15 bits per heavy atom. The average molecular weight is 278 g/mol. The van der Waals surface area contributed by atoms with Crippen LogP contribution in [-0.2, 0) is 0 Å². The number of hydrogen-bond donors (Lipinski definition) is 2. The summed E-state index contributed by atoms with van der Waals surface area (Å²) < 4.78 is 0. The van der Waals surface area contributed by atoms with Crippen molar-refractivity contribution in [2.75, 3.05) is 50.8 Å². The van der Waals surface area contributed by atoms with Crippen molar-refractivity contribution in [2.45, 2.75) is 6.92 Å². The maximum atomic E-state index is 11.8. The molecular formula is C14H22N4O2. The maximum Gasteiger partial charge on any atom is 0.269 e. The fourth-order valence-electron chi connectivity index (χ4n) is 2.36. The van der Waals surface area contributed by atoms with E-state index in [-0.39, 0.29) is 12.5 Å². The van der Waals surface area contributed by atoms with Gasteiger partial charge in [0.1, 0.15) is 5.69 Å². The highest BCUT2D eigenvalue weighted by atomic mass is 16.3. The highest BCUT2D eigenvalue weighted by molar-refractivity contribution is 5.93. The summed E-state index contributed by atoms with van der Waals surface area (Å²) in [7, 11) is 0. The Hall–Kier alpha value is -1.66. The Labute approximate surface area is 119 Å². The number of carbonyl (C=O) groups is 1. The molecule has 0 unspecified atom stereocenters. The van der Waals surface area contributed by atoms with E-state index in [0.29, 0.717) is 12.2 Å². The molecule has 2 rings (SSSR count). The van der Waals surface area contributed by atoms with Gasteiger partial charge in [-0.2, -0.15) is 0 Å². The Morgan fingerprint density at radius 1 is 1.40 bits per heavy atom. The number of nitrogens with zero attached hydrogens (tertiary/aromatic N) is 3. The summed E-state index contributed by atoms with van der Waals surface area (Å²) >= 11 is 0. The molecule has 0 spiro atoms. The Morgan fingerprint density at radius 3 is 2.80 bits per heavy atom. The number of hydrogen-bond acceptors (Lipinski definition) is 5. The number of piperazine rings is 1. The second-order valence-corrected chi connectivity index (χ2v) is 4.81. The summed E-state index contributed by atoms with van der Waals surface area (Å²) in [5.74, 6) is -0.131. The van der Waals surface area contributed by atoms with Crippen LogP contribution in [0.25, 0.3) is 0 Å². The number of carbonyl (C=O) groups excluding carboxylic acids is 1. The number of aliphatic hydroxyl groups excluding tert-OH is 1. The lowest BCUT2D eigenvalue weighted by molar-refractivity contribution is 0.0951. The lowest BCUT2D eigenvalue weighted by Gasteiger charge is -2.35. The number of β-amino-alcohol motifs (C(OH)–C–C–N with tert-alkyl or cyclic N) is 1. The molecule has 1 aliphatic heterocycles. The zero-order chi connectivity index (χ0) is 14.4. The molecule has 0 aromatic carbocycles. The van der Waals surface area contributed by atoms with Crippen molar-refractivity contribution in [3.63, 3.8) is 0 Å². The minimum absolute atomic E-state index is 0.131. The first-order valence-corrected chi connectivity index (χ1v) is 7.07. The highest BCUT2D eigenvalue weighted by Crippen LogP contribution is 2.16. The molecule has 2 N–H and O–H groups in total. The summed E-state index contributed by atoms with van der Waals surface area (Å²) in [6.07, 6.45) is 1.68. The normalized spacial score (nSPS) is 16.2. The van der Waals surface area contributed by atoms with Crippen LogP contribution in [0.15, 0.2) is 18.3 Å². The summed E-state index contributed by atoms with van der Waals surface area (Å²) in [6, 6.07) is 3.77. The summed E-state index contributed by atoms with van der Waals surface area (Å²) in [4.78, 5) is 20.4. The van der Waals surface area contributed by atoms with Crippen molar-refractivity contribution in [1.82, 2.24) is 15.2 Å². The lowest BCUT2D eigenvalue weighted by atomic mass is 10.2. The van der Waals surface area contributed by atoms with Crippen LogP contribution >= 0.6 is 0 Å². The number of aromatic nitrogens is 1. The van der Waals surface area contributed by atoms with Gasteiger partial charge >= 0.3 is 0 Å². The molecule has 6 nitrogen and oxygen atoms in total. The smallest absolute Gasteiger partial charge is 0.269 e. The zero-order valence-electron chi connectivity index (χ0n) is 11.9. The number of pyridine rings is 1. The van der Waals surface area contributed by atoms with E-state index in [0.717, 1.165) is 38.4 Å². The SMILES string of the molecule is CCNC(=O)c1cc(N2CCN(CCO)CC2)ccn1. The Kier molecular flexibility index (Phi) is 5.31. The third-order valence-electron chi connectivity index (χ3n) is 3.47. The van der Waals surface area contributed by atoms with Crippen LogP contribution in [0, 0.1) is 0 Å². The molecule has 0 aliphatic carbocycles. The first kappa shape index (κ1) is 14.7. The van der Waals surface area contributed by atoms with Gasteiger partial charge in [0.2, 0.25) is 0 Å². The maximum absolute atomic E-state index is 11.8. The van der Waals surface area contributed by atoms with E-state index in [9.17, 15) is 4.79 Å². The summed E-state index contributed by atoms with van der Waals surface area (Å²) in [5.41, 5.74) is 1.49. The molecule has 6 heteroatoms. The van der Waals surface area contributed by atoms with Crippen molar-refractivity contribution >= 4 is 11.6 Å². The molecule has 110 valence electrons. The van der Waals surface area contributed by atoms with E-state index >= 15 is 0 Å². The average Bonchev–Trinajstić information content (AvgIpc) is 2.49. The van der Waals surface area contributed by atoms with Crippen LogP contribution < -0.4 is 10.2 Å². The van der Waals surface area contributed by atoms with Crippen LogP contribution in [0.2, 0.25) is 0 Å². The molecular weight excluding hydrogens is 256 g/mol. The van der Waals surface area contributed by atoms with Crippen LogP contribution in [0.5, 0.6) is 0 Å². The molecule has 0 bridgehead atoms. The second-order valence-electron chi connectivity index (χ2n) is 4.81. The first-order chi connectivity index (χ1) is 9.74. The molecule has 1 aromatic heterocycles. The number of amides is 1. The van der Waals surface area contributed by atoms with E-state index in [4.69, 9.17) is 5.11 Å². The number of nitrogens with one attached hydrogen (secondary N) is 1. The van der Waals surface area contributed by atoms with Gasteiger partial charge in [-0.15, -0.1) is 0 Å². The molecule has 0 radical (unpaired) electrons. The van der Waals surface area contributed by atoms with Crippen molar-refractivity contribution in [3.8, 4) is 0 Å². The third kappa shape index (κ3) is 3.68. The van der Waals surface area contributed by atoms with Crippen LogP contribution in [0.1, 0.15) is 17.4 Å². The summed E-state index contributed by atoms with van der Waals surface area (Å²) in [6.45, 7) is 7.09. The summed E-state index contributed by atoms with van der Waals surface area (Å²) in [5, 5.41) is 11.7. The third-order valence-corrected chi connectivity index (χ3v) is 3.47. The topological polar surface area (TPSA) is 68.7 Å². The number of rotatable bonds is 5. The fourth-order valence-corrected chi connectivity index (χ4v) is 2.36. The van der Waals surface area contributed by atoms with E-state index < -0.39 is 0 Å². The number of aliphatic hydroxyl groups is 1. The van der Waals surface area contributed by atoms with Gasteiger partial charge in [-0.25, -0.2) is 0 Å². The van der Waals surface area contributed by atoms with Crippen LogP contribution in [0.4, 0.5) is 5.69 Å². The van der Waals surface area contributed by atoms with E-state index in [1.54, 1.807) is 6.20 Å². The fraction of sp³-hybridized carbons (Fsp3) is 0.571. The molecule has 0 atom stereocenters. The number of anilines is 1. The second kappa shape index (κ2) is 7.21. The quantitative estimate of drug-likeness (QED) is 0.790. The molecule has 1 fully saturated rings. The molecule has 2 heterocycles. The van der Waals surface area contributed by atoms with E-state index in [1.807, 2.05) is 19.1 Å². The molecule has 20 heavy (non-hydrogen) atoms. The minimum atomic E-state index is -0.131. The molecule has 0 saturated carbocycles. The van der Waals surface area contributed by atoms with Crippen LogP contribution in [0.3, 0.4) is 0 Å². The highest BCUT2D eigenvalue weighted by Gasteiger charge is 2.17. The Balaban J connectivity index is 1.99. The Bertz CT molecular complexity index is 445. The zero-order valence-corrected chi connectivity index (χ0v) is 11.9. The standard InChI is InChI=1S/C14H22N4O2/c1-2-15-14(20)13-11-12(3-4-16-13)18-7-5-17(6-8-18)9-10-19/h3-4,11,19H,2,5-10H2,1H3,(H,15,20). The van der Waals surface area contributed by atoms with Crippen molar-refractivity contribution in [3.05, 3.63) is 24.0 Å². The monoisotopic (exact) mass is 278 g/mol. The van der Waals surface area contributed by atoms with Gasteiger partial charge in [-0.05, 0) is 19.1 Å². The predicted octanol–water partition coefficient (Wildman–Crippen LogP) is -0.0544. The van der Waals surface area contributed by atoms with Gasteiger partial charge in [0.15, 0.2) is 0 Å². The minimum Gasteiger partial charge on any atom is -0.395 e. The van der Waals surface area contributed by atoms with Gasteiger partial charge in [0, 0.05) is 51.2 Å². The molecule has 1 amide bonds. The van der Waals surface area contributed by atoms with Crippen molar-refractivity contribution in [2.24, 2.45) is 0 Å². The molecule has 1 aliphatic rings. The van der Waals surface area contributed by atoms with Gasteiger partial charge in [0.25, 0.3) is 5.91 Å². The first-order valence-electron chi connectivity index (χ1n) is 7.07. The van der Waals surface area contributed by atoms with Gasteiger partial charge in [-0.1, -0.05) is 0 Å². The molecule has 1 aromatic rings. The van der Waals surface area contributed by atoms with Crippen LogP contribution in [-0.4, -0.2) is 66.8 Å². The van der Waals surface area contributed by atoms with E-state index in [1.165, 1.54) is 0 Å². The van der Waals surface area contributed by atoms with Gasteiger partial charge < -0.3 is 15.3 Å². The van der Waals surface area contributed by atoms with Crippen molar-refractivity contribution < 1.29 is 9.90 Å². The van der Waals surface area contributed by atoms with Gasteiger partial charge in [-0.3, -0.25) is 14.7 Å².